The third-order valence-electron chi connectivity index (χ3n) is 8.84. The highest BCUT2D eigenvalue weighted by molar-refractivity contribution is 5.69. The number of hydrogen-bond donors (Lipinski definition) is 2. The Labute approximate surface area is 308 Å². The van der Waals surface area contributed by atoms with Gasteiger partial charge in [-0.1, -0.05) is 165 Å². The lowest BCUT2D eigenvalue weighted by molar-refractivity contribution is -0.152. The molecule has 290 valence electrons. The van der Waals surface area contributed by atoms with Gasteiger partial charge in [0.05, 0.1) is 6.10 Å². The Morgan fingerprint density at radius 1 is 0.480 bits per heavy atom. The van der Waals surface area contributed by atoms with Crippen LogP contribution in [-0.4, -0.2) is 47.6 Å². The zero-order valence-corrected chi connectivity index (χ0v) is 32.5. The number of ether oxygens (including phenoxy) is 2. The molecular formula is C44H78O6. The summed E-state index contributed by atoms with van der Waals surface area (Å²) >= 11 is 0. The SMILES string of the molecule is CCCCCCCCCCCCCCCCCCCCC(=O)OC[C@@H](O)COC(=O)CCC/C=C\C/C=C\C/C=C\C/C=C\CCC[C@@H](C)O. The minimum absolute atomic E-state index is 0.139. The van der Waals surface area contributed by atoms with E-state index in [1.54, 1.807) is 0 Å². The molecule has 2 atom stereocenters. The monoisotopic (exact) mass is 703 g/mol. The van der Waals surface area contributed by atoms with Gasteiger partial charge in [0.2, 0.25) is 0 Å². The van der Waals surface area contributed by atoms with Crippen molar-refractivity contribution in [2.45, 2.75) is 206 Å². The zero-order valence-electron chi connectivity index (χ0n) is 32.5. The standard InChI is InChI=1S/C44H78O6/c1-3-4-5-6-7-8-9-10-11-12-13-16-19-22-25-28-31-34-37-43(47)49-39-42(46)40-50-44(48)38-35-32-29-26-23-20-17-14-15-18-21-24-27-30-33-36-41(2)45/h15,17-18,20,24,26-27,29,41-42,45-46H,3-14,16,19,21-23,25,28,30-40H2,1-2H3/b18-15-,20-17-,27-24-,29-26-/t41-,42-/m1/s1. The van der Waals surface area contributed by atoms with Gasteiger partial charge in [0.25, 0.3) is 0 Å². The van der Waals surface area contributed by atoms with Crippen LogP contribution in [0.15, 0.2) is 48.6 Å². The maximum absolute atomic E-state index is 12.0. The molecule has 0 aliphatic carbocycles. The molecule has 0 heterocycles. The molecule has 50 heavy (non-hydrogen) atoms. The number of allylic oxidation sites excluding steroid dienone is 8. The molecule has 0 spiro atoms. The summed E-state index contributed by atoms with van der Waals surface area (Å²) < 4.78 is 10.3. The number of aliphatic hydroxyl groups is 2. The summed E-state index contributed by atoms with van der Waals surface area (Å²) in [6.45, 7) is 3.81. The first kappa shape index (κ1) is 47.8. The number of unbranched alkanes of at least 4 members (excludes halogenated alkanes) is 19. The topological polar surface area (TPSA) is 93.1 Å². The van der Waals surface area contributed by atoms with Gasteiger partial charge in [-0.25, -0.2) is 0 Å². The molecule has 0 aliphatic heterocycles. The van der Waals surface area contributed by atoms with E-state index in [4.69, 9.17) is 9.47 Å². The van der Waals surface area contributed by atoms with Crippen molar-refractivity contribution >= 4 is 11.9 Å². The first-order valence-electron chi connectivity index (χ1n) is 20.7. The van der Waals surface area contributed by atoms with Crippen LogP contribution in [0.5, 0.6) is 0 Å². The molecule has 0 aromatic carbocycles. The number of aliphatic hydroxyl groups excluding tert-OH is 2. The molecule has 0 aromatic rings. The smallest absolute Gasteiger partial charge is 0.305 e. The highest BCUT2D eigenvalue weighted by Gasteiger charge is 2.12. The maximum atomic E-state index is 12.0. The summed E-state index contributed by atoms with van der Waals surface area (Å²) in [6.07, 6.45) is 47.3. The van der Waals surface area contributed by atoms with Gasteiger partial charge in [0.15, 0.2) is 0 Å². The lowest BCUT2D eigenvalue weighted by Crippen LogP contribution is -2.25. The Morgan fingerprint density at radius 2 is 0.820 bits per heavy atom. The molecule has 6 nitrogen and oxygen atoms in total. The van der Waals surface area contributed by atoms with Gasteiger partial charge in [0, 0.05) is 12.8 Å². The summed E-state index contributed by atoms with van der Waals surface area (Å²) in [4.78, 5) is 23.9. The van der Waals surface area contributed by atoms with Crippen LogP contribution in [0, 0.1) is 0 Å². The van der Waals surface area contributed by atoms with Crippen LogP contribution >= 0.6 is 0 Å². The first-order valence-corrected chi connectivity index (χ1v) is 20.7. The third-order valence-corrected chi connectivity index (χ3v) is 8.84. The van der Waals surface area contributed by atoms with Gasteiger partial charge >= 0.3 is 11.9 Å². The van der Waals surface area contributed by atoms with E-state index in [0.29, 0.717) is 19.3 Å². The number of carbonyl (C=O) groups excluding carboxylic acids is 2. The van der Waals surface area contributed by atoms with Crippen molar-refractivity contribution in [3.63, 3.8) is 0 Å². The number of hydrogen-bond acceptors (Lipinski definition) is 6. The quantitative estimate of drug-likeness (QED) is 0.0380. The Kier molecular flexibility index (Phi) is 37.9. The van der Waals surface area contributed by atoms with Crippen molar-refractivity contribution in [3.8, 4) is 0 Å². The van der Waals surface area contributed by atoms with Crippen LogP contribution in [-0.2, 0) is 19.1 Å². The fraction of sp³-hybridized carbons (Fsp3) is 0.773. The van der Waals surface area contributed by atoms with Crippen molar-refractivity contribution < 1.29 is 29.3 Å². The van der Waals surface area contributed by atoms with E-state index in [2.05, 4.69) is 55.5 Å². The Morgan fingerprint density at radius 3 is 1.22 bits per heavy atom. The molecule has 0 bridgehead atoms. The average molecular weight is 703 g/mol. The molecule has 0 unspecified atom stereocenters. The largest absolute Gasteiger partial charge is 0.463 e. The lowest BCUT2D eigenvalue weighted by atomic mass is 10.0. The van der Waals surface area contributed by atoms with Gasteiger partial charge < -0.3 is 19.7 Å². The molecule has 0 saturated heterocycles. The number of carbonyl (C=O) groups is 2. The fourth-order valence-electron chi connectivity index (χ4n) is 5.69. The van der Waals surface area contributed by atoms with Crippen LogP contribution in [0.4, 0.5) is 0 Å². The Hall–Kier alpha value is -2.18. The van der Waals surface area contributed by atoms with Crippen molar-refractivity contribution in [3.05, 3.63) is 48.6 Å². The third kappa shape index (κ3) is 40.3. The predicted octanol–water partition coefficient (Wildman–Crippen LogP) is 12.0. The summed E-state index contributed by atoms with van der Waals surface area (Å²) in [5, 5.41) is 19.2. The molecule has 0 rings (SSSR count). The molecule has 0 amide bonds. The van der Waals surface area contributed by atoms with E-state index in [9.17, 15) is 19.8 Å². The highest BCUT2D eigenvalue weighted by atomic mass is 16.6. The molecule has 0 fully saturated rings. The minimum Gasteiger partial charge on any atom is -0.463 e. The average Bonchev–Trinajstić information content (AvgIpc) is 3.10. The van der Waals surface area contributed by atoms with E-state index >= 15 is 0 Å². The Bertz CT molecular complexity index is 859. The highest BCUT2D eigenvalue weighted by Crippen LogP contribution is 2.15. The van der Waals surface area contributed by atoms with E-state index in [1.165, 1.54) is 96.3 Å². The fourth-order valence-corrected chi connectivity index (χ4v) is 5.69. The van der Waals surface area contributed by atoms with Crippen LogP contribution in [0.2, 0.25) is 0 Å². The molecule has 0 radical (unpaired) electrons. The zero-order chi connectivity index (χ0) is 36.6. The number of esters is 2. The van der Waals surface area contributed by atoms with Crippen molar-refractivity contribution in [2.75, 3.05) is 13.2 Å². The van der Waals surface area contributed by atoms with Crippen molar-refractivity contribution in [2.24, 2.45) is 0 Å². The van der Waals surface area contributed by atoms with Crippen LogP contribution in [0.1, 0.15) is 194 Å². The molecule has 6 heteroatoms. The summed E-state index contributed by atoms with van der Waals surface area (Å²) in [5.74, 6) is -0.641. The van der Waals surface area contributed by atoms with Gasteiger partial charge in [-0.05, 0) is 64.7 Å². The van der Waals surface area contributed by atoms with Gasteiger partial charge in [-0.15, -0.1) is 0 Å². The van der Waals surface area contributed by atoms with Crippen LogP contribution < -0.4 is 0 Å². The summed E-state index contributed by atoms with van der Waals surface area (Å²) in [7, 11) is 0. The van der Waals surface area contributed by atoms with Crippen LogP contribution in [0.3, 0.4) is 0 Å². The molecule has 2 N–H and O–H groups in total. The second kappa shape index (κ2) is 39.6. The predicted molar refractivity (Wildman–Crippen MR) is 211 cm³/mol. The van der Waals surface area contributed by atoms with Crippen LogP contribution in [0.25, 0.3) is 0 Å². The minimum atomic E-state index is -0.993. The van der Waals surface area contributed by atoms with E-state index < -0.39 is 6.10 Å². The first-order chi connectivity index (χ1) is 24.5. The molecule has 0 aliphatic rings. The molecule has 0 aromatic heterocycles. The molecular weight excluding hydrogens is 624 g/mol. The molecule has 0 saturated carbocycles. The van der Waals surface area contributed by atoms with E-state index in [1.807, 2.05) is 6.92 Å². The van der Waals surface area contributed by atoms with E-state index in [0.717, 1.165) is 64.2 Å². The lowest BCUT2D eigenvalue weighted by Gasteiger charge is -2.12. The normalized spacial score (nSPS) is 13.3. The van der Waals surface area contributed by atoms with Crippen molar-refractivity contribution in [1.82, 2.24) is 0 Å². The van der Waals surface area contributed by atoms with E-state index in [-0.39, 0.29) is 31.3 Å². The summed E-state index contributed by atoms with van der Waals surface area (Å²) in [6, 6.07) is 0. The summed E-state index contributed by atoms with van der Waals surface area (Å²) in [5.41, 5.74) is 0. The van der Waals surface area contributed by atoms with Crippen molar-refractivity contribution in [1.29, 1.82) is 0 Å². The maximum Gasteiger partial charge on any atom is 0.305 e. The van der Waals surface area contributed by atoms with Gasteiger partial charge in [-0.2, -0.15) is 0 Å². The second-order valence-electron chi connectivity index (χ2n) is 14.0. The number of rotatable bonds is 37. The second-order valence-corrected chi connectivity index (χ2v) is 14.0. The Balaban J connectivity index is 3.51. The van der Waals surface area contributed by atoms with Gasteiger partial charge in [0.1, 0.15) is 19.3 Å². The van der Waals surface area contributed by atoms with Gasteiger partial charge in [-0.3, -0.25) is 9.59 Å².